The van der Waals surface area contributed by atoms with E-state index in [4.69, 9.17) is 0 Å². The zero-order valence-corrected chi connectivity index (χ0v) is 6.95. The summed E-state index contributed by atoms with van der Waals surface area (Å²) in [7, 11) is 0. The van der Waals surface area contributed by atoms with Gasteiger partial charge in [-0.15, -0.1) is 0 Å². The highest BCUT2D eigenvalue weighted by Crippen LogP contribution is 2.41. The molecule has 1 aliphatic carbocycles. The van der Waals surface area contributed by atoms with Crippen LogP contribution < -0.4 is 0 Å². The fraction of sp³-hybridized carbons (Fsp3) is 1.00. The molecule has 1 fully saturated rings. The molecule has 1 rings (SSSR count). The van der Waals surface area contributed by atoms with E-state index in [0.29, 0.717) is 0 Å². The second-order valence-corrected chi connectivity index (χ2v) is 3.60. The maximum absolute atomic E-state index is 3.43. The largest absolute Gasteiger partial charge is 0.0928 e. The van der Waals surface area contributed by atoms with Gasteiger partial charge in [-0.05, 0) is 31.1 Å². The van der Waals surface area contributed by atoms with E-state index in [1.807, 2.05) is 0 Å². The van der Waals surface area contributed by atoms with E-state index in [9.17, 15) is 0 Å². The van der Waals surface area contributed by atoms with Crippen molar-refractivity contribution in [2.24, 2.45) is 11.8 Å². The molecule has 48 valence electrons. The summed E-state index contributed by atoms with van der Waals surface area (Å²) in [4.78, 5) is 0. The van der Waals surface area contributed by atoms with Crippen LogP contribution in [0.5, 0.6) is 0 Å². The Morgan fingerprint density at radius 3 is 2.62 bits per heavy atom. The lowest BCUT2D eigenvalue weighted by Crippen LogP contribution is -1.79. The molecule has 0 saturated heterocycles. The molecule has 0 aromatic carbocycles. The van der Waals surface area contributed by atoms with Gasteiger partial charge >= 0.3 is 0 Å². The Balaban J connectivity index is 1.89. The van der Waals surface area contributed by atoms with Crippen LogP contribution in [0.25, 0.3) is 0 Å². The van der Waals surface area contributed by atoms with Crippen molar-refractivity contribution in [2.75, 3.05) is 5.33 Å². The van der Waals surface area contributed by atoms with Gasteiger partial charge in [0.05, 0.1) is 0 Å². The molecule has 1 saturated carbocycles. The number of hydrogen-bond acceptors (Lipinski definition) is 0. The molecular formula is C7H13Br. The smallest absolute Gasteiger partial charge is 0.00314 e. The summed E-state index contributed by atoms with van der Waals surface area (Å²) in [6.45, 7) is 2.35. The van der Waals surface area contributed by atoms with Crippen LogP contribution in [0, 0.1) is 11.8 Å². The number of halogens is 1. The highest BCUT2D eigenvalue weighted by molar-refractivity contribution is 9.09. The Morgan fingerprint density at radius 2 is 2.25 bits per heavy atom. The molecule has 0 aliphatic heterocycles. The van der Waals surface area contributed by atoms with Crippen molar-refractivity contribution in [3.63, 3.8) is 0 Å². The Morgan fingerprint density at radius 1 is 1.62 bits per heavy atom. The summed E-state index contributed by atoms with van der Waals surface area (Å²) in [6, 6.07) is 0. The lowest BCUT2D eigenvalue weighted by molar-refractivity contribution is 0.665. The van der Waals surface area contributed by atoms with E-state index in [1.54, 1.807) is 0 Å². The molecule has 0 heterocycles. The lowest BCUT2D eigenvalue weighted by Gasteiger charge is -1.90. The molecule has 2 unspecified atom stereocenters. The first-order valence-electron chi connectivity index (χ1n) is 3.40. The Kier molecular flexibility index (Phi) is 2.36. The first-order valence-corrected chi connectivity index (χ1v) is 4.52. The number of alkyl halides is 1. The second-order valence-electron chi connectivity index (χ2n) is 2.80. The van der Waals surface area contributed by atoms with Gasteiger partial charge in [0.2, 0.25) is 0 Å². The Labute approximate surface area is 59.8 Å². The molecule has 0 nitrogen and oxygen atoms in total. The van der Waals surface area contributed by atoms with Gasteiger partial charge in [-0.2, -0.15) is 0 Å². The quantitative estimate of drug-likeness (QED) is 0.581. The summed E-state index contributed by atoms with van der Waals surface area (Å²) in [5.41, 5.74) is 0. The van der Waals surface area contributed by atoms with Crippen LogP contribution in [0.4, 0.5) is 0 Å². The van der Waals surface area contributed by atoms with Crippen molar-refractivity contribution in [1.29, 1.82) is 0 Å². The van der Waals surface area contributed by atoms with E-state index < -0.39 is 0 Å². The Hall–Kier alpha value is 0.480. The average Bonchev–Trinajstić information content (AvgIpc) is 2.42. The SMILES string of the molecule is CC1CC1CCCBr. The summed E-state index contributed by atoms with van der Waals surface area (Å²) >= 11 is 3.43. The van der Waals surface area contributed by atoms with E-state index >= 15 is 0 Å². The van der Waals surface area contributed by atoms with Gasteiger partial charge in [0.15, 0.2) is 0 Å². The topological polar surface area (TPSA) is 0 Å². The second kappa shape index (κ2) is 2.86. The van der Waals surface area contributed by atoms with Crippen LogP contribution in [0.15, 0.2) is 0 Å². The van der Waals surface area contributed by atoms with Gasteiger partial charge in [-0.3, -0.25) is 0 Å². The standard InChI is InChI=1S/C7H13Br/c1-6-5-7(6)3-2-4-8/h6-7H,2-5H2,1H3. The highest BCUT2D eigenvalue weighted by atomic mass is 79.9. The summed E-state index contributed by atoms with van der Waals surface area (Å²) in [6.07, 6.45) is 4.31. The van der Waals surface area contributed by atoms with Gasteiger partial charge in [0.1, 0.15) is 0 Å². The highest BCUT2D eigenvalue weighted by Gasteiger charge is 2.30. The van der Waals surface area contributed by atoms with Crippen molar-refractivity contribution in [1.82, 2.24) is 0 Å². The van der Waals surface area contributed by atoms with E-state index in [2.05, 4.69) is 22.9 Å². The van der Waals surface area contributed by atoms with Crippen molar-refractivity contribution in [2.45, 2.75) is 26.2 Å². The molecule has 0 N–H and O–H groups in total. The molecule has 2 atom stereocenters. The van der Waals surface area contributed by atoms with Gasteiger partial charge in [0.25, 0.3) is 0 Å². The predicted octanol–water partition coefficient (Wildman–Crippen LogP) is 2.82. The average molecular weight is 177 g/mol. The van der Waals surface area contributed by atoms with Crippen molar-refractivity contribution >= 4 is 15.9 Å². The molecule has 0 radical (unpaired) electrons. The minimum atomic E-state index is 1.05. The maximum atomic E-state index is 3.43. The van der Waals surface area contributed by atoms with Crippen LogP contribution in [-0.4, -0.2) is 5.33 Å². The third-order valence-electron chi connectivity index (χ3n) is 1.98. The number of rotatable bonds is 3. The van der Waals surface area contributed by atoms with Crippen LogP contribution in [0.3, 0.4) is 0 Å². The first-order chi connectivity index (χ1) is 3.84. The Bertz CT molecular complexity index is 70.8. The maximum Gasteiger partial charge on any atom is 0.00314 e. The van der Waals surface area contributed by atoms with Crippen LogP contribution >= 0.6 is 15.9 Å². The first kappa shape index (κ1) is 6.60. The van der Waals surface area contributed by atoms with Gasteiger partial charge in [-0.1, -0.05) is 22.9 Å². The summed E-state index contributed by atoms with van der Waals surface area (Å²) in [5, 5.41) is 1.19. The molecule has 0 aromatic heterocycles. The van der Waals surface area contributed by atoms with Crippen molar-refractivity contribution in [3.8, 4) is 0 Å². The molecule has 8 heavy (non-hydrogen) atoms. The third-order valence-corrected chi connectivity index (χ3v) is 2.55. The zero-order valence-electron chi connectivity index (χ0n) is 5.36. The van der Waals surface area contributed by atoms with E-state index in [0.717, 1.165) is 11.8 Å². The van der Waals surface area contributed by atoms with Crippen molar-refractivity contribution in [3.05, 3.63) is 0 Å². The van der Waals surface area contributed by atoms with E-state index in [-0.39, 0.29) is 0 Å². The van der Waals surface area contributed by atoms with Crippen LogP contribution in [0.1, 0.15) is 26.2 Å². The summed E-state index contributed by atoms with van der Waals surface area (Å²) in [5.74, 6) is 2.14. The van der Waals surface area contributed by atoms with Gasteiger partial charge in [-0.25, -0.2) is 0 Å². The predicted molar refractivity (Wildman–Crippen MR) is 40.3 cm³/mol. The van der Waals surface area contributed by atoms with Crippen molar-refractivity contribution < 1.29 is 0 Å². The van der Waals surface area contributed by atoms with Gasteiger partial charge in [0, 0.05) is 5.33 Å². The number of hydrogen-bond donors (Lipinski definition) is 0. The molecule has 0 aromatic rings. The molecule has 1 heteroatoms. The fourth-order valence-electron chi connectivity index (χ4n) is 1.14. The molecule has 0 bridgehead atoms. The molecular weight excluding hydrogens is 164 g/mol. The monoisotopic (exact) mass is 176 g/mol. The van der Waals surface area contributed by atoms with Crippen LogP contribution in [0.2, 0.25) is 0 Å². The van der Waals surface area contributed by atoms with Crippen LogP contribution in [-0.2, 0) is 0 Å². The normalized spacial score (nSPS) is 35.2. The van der Waals surface area contributed by atoms with E-state index in [1.165, 1.54) is 24.6 Å². The minimum absolute atomic E-state index is 1.05. The molecule has 1 aliphatic rings. The lowest BCUT2D eigenvalue weighted by atomic mass is 10.2. The fourth-order valence-corrected chi connectivity index (χ4v) is 1.46. The zero-order chi connectivity index (χ0) is 5.98. The molecule has 0 spiro atoms. The summed E-state index contributed by atoms with van der Waals surface area (Å²) < 4.78 is 0. The third kappa shape index (κ3) is 1.77. The molecule has 0 amide bonds. The minimum Gasteiger partial charge on any atom is -0.0928 e. The van der Waals surface area contributed by atoms with Gasteiger partial charge < -0.3 is 0 Å².